The molecule has 1 aromatic rings. The van der Waals surface area contributed by atoms with Gasteiger partial charge in [0.2, 0.25) is 5.91 Å². The van der Waals surface area contributed by atoms with Crippen LogP contribution in [0.15, 0.2) is 24.3 Å². The summed E-state index contributed by atoms with van der Waals surface area (Å²) < 4.78 is 0. The zero-order chi connectivity index (χ0) is 20.4. The van der Waals surface area contributed by atoms with E-state index < -0.39 is 17.9 Å². The molecule has 0 heterocycles. The molecule has 0 saturated heterocycles. The van der Waals surface area contributed by atoms with Crippen molar-refractivity contribution in [1.29, 1.82) is 0 Å². The Kier molecular flexibility index (Phi) is 9.29. The fraction of sp³-hybridized carbons (Fsp3) is 0.550. The third-order valence-corrected chi connectivity index (χ3v) is 5.33. The number of carboxylic acids is 1. The predicted molar refractivity (Wildman–Crippen MR) is 106 cm³/mol. The van der Waals surface area contributed by atoms with E-state index in [0.717, 1.165) is 19.3 Å². The van der Waals surface area contributed by atoms with Crippen LogP contribution in [0.1, 0.15) is 63.2 Å². The van der Waals surface area contributed by atoms with Crippen LogP contribution in [-0.4, -0.2) is 35.5 Å². The highest BCUT2D eigenvalue weighted by molar-refractivity contribution is 6.31. The third kappa shape index (κ3) is 7.99. The first kappa shape index (κ1) is 23.0. The highest BCUT2D eigenvalue weighted by atomic mass is 35.5. The second-order valence-electron chi connectivity index (χ2n) is 7.03. The molecule has 1 rings (SSSR count). The van der Waals surface area contributed by atoms with Gasteiger partial charge in [-0.25, -0.2) is 0 Å². The minimum Gasteiger partial charge on any atom is -0.481 e. The van der Waals surface area contributed by atoms with E-state index in [1.54, 1.807) is 18.2 Å². The quantitative estimate of drug-likeness (QED) is 0.532. The predicted octanol–water partition coefficient (Wildman–Crippen LogP) is 3.64. The van der Waals surface area contributed by atoms with Crippen molar-refractivity contribution in [2.24, 2.45) is 5.41 Å². The number of halogens is 1. The van der Waals surface area contributed by atoms with Crippen molar-refractivity contribution in [3.05, 3.63) is 34.9 Å². The van der Waals surface area contributed by atoms with Crippen LogP contribution in [-0.2, 0) is 9.59 Å². The van der Waals surface area contributed by atoms with Crippen molar-refractivity contribution in [1.82, 2.24) is 10.6 Å². The van der Waals surface area contributed by atoms with Gasteiger partial charge >= 0.3 is 5.97 Å². The van der Waals surface area contributed by atoms with Crippen molar-refractivity contribution < 1.29 is 19.5 Å². The lowest BCUT2D eigenvalue weighted by Crippen LogP contribution is -2.47. The second kappa shape index (κ2) is 10.9. The fourth-order valence-electron chi connectivity index (χ4n) is 2.62. The number of benzene rings is 1. The van der Waals surface area contributed by atoms with Crippen LogP contribution < -0.4 is 10.6 Å². The number of nitrogens with one attached hydrogen (secondary N) is 2. The van der Waals surface area contributed by atoms with Gasteiger partial charge in [0.05, 0.1) is 0 Å². The molecular formula is C20H29ClN2O4. The molecule has 7 heteroatoms. The van der Waals surface area contributed by atoms with Crippen molar-refractivity contribution >= 4 is 29.4 Å². The van der Waals surface area contributed by atoms with Crippen molar-refractivity contribution in [3.8, 4) is 0 Å². The zero-order valence-corrected chi connectivity index (χ0v) is 16.9. The van der Waals surface area contributed by atoms with E-state index in [0.29, 0.717) is 17.1 Å². The standard InChI is InChI=1S/C20H29ClN2O4/c1-4-20(3,5-2)11-12-22-19(27)16(9-10-17(24)25)23-18(26)14-7-6-8-15(21)13-14/h6-8,13,16H,4-5,9-12H2,1-3H3,(H,22,27)(H,23,26)(H,24,25)/t16-/m1/s1. The number of rotatable bonds is 11. The molecule has 0 aliphatic rings. The number of carboxylic acid groups (broad SMARTS) is 1. The molecule has 0 aromatic heterocycles. The Morgan fingerprint density at radius 1 is 1.22 bits per heavy atom. The van der Waals surface area contributed by atoms with Crippen molar-refractivity contribution in [2.45, 2.75) is 58.9 Å². The first-order valence-electron chi connectivity index (χ1n) is 9.26. The Balaban J connectivity index is 2.73. The molecule has 6 nitrogen and oxygen atoms in total. The van der Waals surface area contributed by atoms with Crippen LogP contribution in [0.25, 0.3) is 0 Å². The van der Waals surface area contributed by atoms with Crippen LogP contribution in [0.2, 0.25) is 5.02 Å². The number of aliphatic carboxylic acids is 1. The monoisotopic (exact) mass is 396 g/mol. The lowest BCUT2D eigenvalue weighted by molar-refractivity contribution is -0.137. The van der Waals surface area contributed by atoms with Gasteiger partial charge in [-0.3, -0.25) is 14.4 Å². The summed E-state index contributed by atoms with van der Waals surface area (Å²) in [5.74, 6) is -1.86. The summed E-state index contributed by atoms with van der Waals surface area (Å²) in [6.45, 7) is 6.88. The maximum atomic E-state index is 12.5. The summed E-state index contributed by atoms with van der Waals surface area (Å²) in [6.07, 6.45) is 2.64. The number of hydrogen-bond acceptors (Lipinski definition) is 3. The van der Waals surface area contributed by atoms with Crippen LogP contribution in [0, 0.1) is 5.41 Å². The fourth-order valence-corrected chi connectivity index (χ4v) is 2.81. The number of carbonyl (C=O) groups excluding carboxylic acids is 2. The van der Waals surface area contributed by atoms with Gasteiger partial charge in [0, 0.05) is 23.6 Å². The van der Waals surface area contributed by atoms with Crippen LogP contribution >= 0.6 is 11.6 Å². The molecule has 1 atom stereocenters. The SMILES string of the molecule is CCC(C)(CC)CCNC(=O)[C@@H](CCC(=O)O)NC(=O)c1cccc(Cl)c1. The van der Waals surface area contributed by atoms with Crippen LogP contribution in [0.4, 0.5) is 0 Å². The lowest BCUT2D eigenvalue weighted by Gasteiger charge is -2.27. The smallest absolute Gasteiger partial charge is 0.303 e. The summed E-state index contributed by atoms with van der Waals surface area (Å²) in [5.41, 5.74) is 0.466. The highest BCUT2D eigenvalue weighted by Crippen LogP contribution is 2.28. The second-order valence-corrected chi connectivity index (χ2v) is 7.46. The molecule has 0 unspecified atom stereocenters. The molecular weight excluding hydrogens is 368 g/mol. The lowest BCUT2D eigenvalue weighted by atomic mass is 9.81. The van der Waals surface area contributed by atoms with E-state index in [1.165, 1.54) is 6.07 Å². The minimum atomic E-state index is -1.02. The largest absolute Gasteiger partial charge is 0.481 e. The van der Waals surface area contributed by atoms with E-state index in [9.17, 15) is 14.4 Å². The topological polar surface area (TPSA) is 95.5 Å². The van der Waals surface area contributed by atoms with E-state index in [2.05, 4.69) is 31.4 Å². The van der Waals surface area contributed by atoms with Gasteiger partial charge in [-0.15, -0.1) is 0 Å². The Morgan fingerprint density at radius 2 is 1.89 bits per heavy atom. The molecule has 3 N–H and O–H groups in total. The summed E-state index contributed by atoms with van der Waals surface area (Å²) >= 11 is 5.89. The first-order valence-corrected chi connectivity index (χ1v) is 9.64. The van der Waals surface area contributed by atoms with E-state index in [1.807, 2.05) is 0 Å². The zero-order valence-electron chi connectivity index (χ0n) is 16.2. The molecule has 0 aliphatic heterocycles. The van der Waals surface area contributed by atoms with Gasteiger partial charge in [0.15, 0.2) is 0 Å². The molecule has 0 radical (unpaired) electrons. The van der Waals surface area contributed by atoms with E-state index in [4.69, 9.17) is 16.7 Å². The van der Waals surface area contributed by atoms with Crippen LogP contribution in [0.5, 0.6) is 0 Å². The molecule has 0 bridgehead atoms. The Morgan fingerprint density at radius 3 is 2.44 bits per heavy atom. The maximum Gasteiger partial charge on any atom is 0.303 e. The van der Waals surface area contributed by atoms with Crippen LogP contribution in [0.3, 0.4) is 0 Å². The maximum absolute atomic E-state index is 12.5. The first-order chi connectivity index (χ1) is 12.7. The van der Waals surface area contributed by atoms with Gasteiger partial charge in [-0.2, -0.15) is 0 Å². The average Bonchev–Trinajstić information content (AvgIpc) is 2.64. The highest BCUT2D eigenvalue weighted by Gasteiger charge is 2.24. The molecule has 2 amide bonds. The molecule has 0 saturated carbocycles. The summed E-state index contributed by atoms with van der Waals surface area (Å²) in [4.78, 5) is 35.8. The molecule has 0 spiro atoms. The van der Waals surface area contributed by atoms with Crippen molar-refractivity contribution in [3.63, 3.8) is 0 Å². The van der Waals surface area contributed by atoms with Gasteiger partial charge < -0.3 is 15.7 Å². The average molecular weight is 397 g/mol. The third-order valence-electron chi connectivity index (χ3n) is 5.09. The van der Waals surface area contributed by atoms with Gasteiger partial charge in [-0.1, -0.05) is 51.3 Å². The van der Waals surface area contributed by atoms with Gasteiger partial charge in [-0.05, 0) is 36.5 Å². The summed E-state index contributed by atoms with van der Waals surface area (Å²) in [7, 11) is 0. The number of carbonyl (C=O) groups is 3. The van der Waals surface area contributed by atoms with Gasteiger partial charge in [0.1, 0.15) is 6.04 Å². The minimum absolute atomic E-state index is 0.0201. The van der Waals surface area contributed by atoms with E-state index in [-0.39, 0.29) is 24.2 Å². The Bertz CT molecular complexity index is 659. The Hall–Kier alpha value is -2.08. The molecule has 1 aromatic carbocycles. The normalized spacial score (nSPS) is 12.3. The molecule has 150 valence electrons. The Labute approximate surface area is 165 Å². The molecule has 27 heavy (non-hydrogen) atoms. The van der Waals surface area contributed by atoms with Gasteiger partial charge in [0.25, 0.3) is 5.91 Å². The van der Waals surface area contributed by atoms with E-state index >= 15 is 0 Å². The van der Waals surface area contributed by atoms with Crippen molar-refractivity contribution in [2.75, 3.05) is 6.54 Å². The molecule has 0 fully saturated rings. The summed E-state index contributed by atoms with van der Waals surface area (Å²) in [5, 5.41) is 14.8. The summed E-state index contributed by atoms with van der Waals surface area (Å²) in [6, 6.07) is 5.45. The molecule has 0 aliphatic carbocycles. The number of amides is 2. The number of hydrogen-bond donors (Lipinski definition) is 3.